The molecule has 11 bridgehead atoms. The number of aliphatic hydroxyl groups excluding tert-OH is 1. The summed E-state index contributed by atoms with van der Waals surface area (Å²) >= 11 is 0. The van der Waals surface area contributed by atoms with Crippen molar-refractivity contribution < 1.29 is 76.4 Å². The van der Waals surface area contributed by atoms with Gasteiger partial charge >= 0.3 is 0 Å². The molecule has 6 heterocycles. The summed E-state index contributed by atoms with van der Waals surface area (Å²) in [6, 6.07) is 14.1. The summed E-state index contributed by atoms with van der Waals surface area (Å²) in [7, 11) is 1.49. The fraction of sp³-hybridized carbons (Fsp3) is 0.466. The van der Waals surface area contributed by atoms with E-state index in [0.29, 0.717) is 63.1 Å². The third kappa shape index (κ3) is 17.8. The lowest BCUT2D eigenvalue weighted by Crippen LogP contribution is -2.63. The van der Waals surface area contributed by atoms with E-state index < -0.39 is 144 Å². The van der Waals surface area contributed by atoms with Crippen molar-refractivity contribution in [3.63, 3.8) is 0 Å². The van der Waals surface area contributed by atoms with E-state index >= 15 is 28.4 Å². The third-order valence-corrected chi connectivity index (χ3v) is 19.4. The number of nitrogens with one attached hydrogen (secondary N) is 7. The lowest BCUT2D eigenvalue weighted by molar-refractivity contribution is -0.148. The van der Waals surface area contributed by atoms with Gasteiger partial charge in [-0.05, 0) is 142 Å². The average molecular weight is 1380 g/mol. The van der Waals surface area contributed by atoms with Crippen molar-refractivity contribution in [2.45, 2.75) is 165 Å². The Labute approximate surface area is 578 Å². The molecule has 26 nitrogen and oxygen atoms in total. The summed E-state index contributed by atoms with van der Waals surface area (Å²) in [5.41, 5.74) is 8.77. The smallest absolute Gasteiger partial charge is 0.246 e. The predicted molar refractivity (Wildman–Crippen MR) is 363 cm³/mol. The molecule has 2 fully saturated rings. The number of hydrogen-bond acceptors (Lipinski definition) is 16. The van der Waals surface area contributed by atoms with Crippen LogP contribution in [0.2, 0.25) is 0 Å². The number of ether oxygens (including phenoxy) is 3. The quantitative estimate of drug-likeness (QED) is 0.113. The number of ketones is 2. The summed E-state index contributed by atoms with van der Waals surface area (Å²) in [6.45, 7) is 3.40. The van der Waals surface area contributed by atoms with Crippen molar-refractivity contribution in [3.8, 4) is 11.5 Å². The topological polar surface area (TPSA) is 357 Å². The van der Waals surface area contributed by atoms with Crippen LogP contribution in [0, 0.1) is 11.7 Å². The highest BCUT2D eigenvalue weighted by Crippen LogP contribution is 2.34. The molecule has 0 radical (unpaired) electrons. The van der Waals surface area contributed by atoms with Gasteiger partial charge in [0, 0.05) is 94.4 Å². The van der Waals surface area contributed by atoms with Crippen molar-refractivity contribution in [1.82, 2.24) is 51.6 Å². The van der Waals surface area contributed by atoms with Crippen LogP contribution in [0.25, 0.3) is 10.9 Å². The second-order valence-corrected chi connectivity index (χ2v) is 26.6. The number of methoxy groups -OCH3 is 1. The van der Waals surface area contributed by atoms with E-state index in [1.807, 2.05) is 28.8 Å². The molecule has 532 valence electrons. The molecular weight excluding hydrogens is 1290 g/mol. The van der Waals surface area contributed by atoms with Gasteiger partial charge in [0.05, 0.1) is 25.4 Å². The number of rotatable bonds is 5. The molecule has 10 N–H and O–H groups in total. The first-order valence-corrected chi connectivity index (χ1v) is 34.1. The van der Waals surface area contributed by atoms with Crippen LogP contribution in [0.4, 0.5) is 4.39 Å². The van der Waals surface area contributed by atoms with Gasteiger partial charge in [0.2, 0.25) is 53.2 Å². The minimum absolute atomic E-state index is 0.0174. The van der Waals surface area contributed by atoms with E-state index in [2.05, 4.69) is 37.2 Å². The number of nitrogens with zero attached hydrogens (tertiary/aromatic N) is 3. The van der Waals surface area contributed by atoms with Crippen molar-refractivity contribution in [2.75, 3.05) is 46.5 Å². The number of aryl methyl sites for hydroxylation is 1. The maximum Gasteiger partial charge on any atom is 0.246 e. The lowest BCUT2D eigenvalue weighted by atomic mass is 9.88. The van der Waals surface area contributed by atoms with Gasteiger partial charge in [-0.15, -0.1) is 0 Å². The van der Waals surface area contributed by atoms with E-state index in [4.69, 9.17) is 19.9 Å². The van der Waals surface area contributed by atoms with Crippen molar-refractivity contribution >= 4 is 75.6 Å². The Balaban J connectivity index is 1.10. The molecule has 0 aliphatic carbocycles. The van der Waals surface area contributed by atoms with Gasteiger partial charge in [-0.25, -0.2) is 4.39 Å². The maximum atomic E-state index is 16.1. The van der Waals surface area contributed by atoms with Gasteiger partial charge in [-0.2, -0.15) is 0 Å². The second-order valence-electron chi connectivity index (χ2n) is 26.6. The number of amides is 9. The number of nitrogens with two attached hydrogens (primary N) is 1. The molecule has 5 aliphatic rings. The summed E-state index contributed by atoms with van der Waals surface area (Å²) in [4.78, 5) is 163. The lowest BCUT2D eigenvalue weighted by Gasteiger charge is -2.37. The number of carbonyl (C=O) groups excluding carboxylic acids is 11. The summed E-state index contributed by atoms with van der Waals surface area (Å²) in [5, 5.41) is 31.1. The van der Waals surface area contributed by atoms with Gasteiger partial charge in [-0.3, -0.25) is 52.7 Å². The molecule has 0 unspecified atom stereocenters. The Morgan fingerprint density at radius 1 is 0.730 bits per heavy atom. The normalized spacial score (nSPS) is 26.4. The molecule has 1 aromatic heterocycles. The molecule has 100 heavy (non-hydrogen) atoms. The largest absolute Gasteiger partial charge is 0.497 e. The van der Waals surface area contributed by atoms with Crippen LogP contribution < -0.4 is 52.4 Å². The predicted octanol–water partition coefficient (Wildman–Crippen LogP) is 1.78. The van der Waals surface area contributed by atoms with Gasteiger partial charge in [0.1, 0.15) is 72.1 Å². The van der Waals surface area contributed by atoms with Gasteiger partial charge in [0.15, 0.2) is 5.78 Å². The molecule has 5 aliphatic heterocycles. The highest BCUT2D eigenvalue weighted by atomic mass is 19.1. The van der Waals surface area contributed by atoms with E-state index in [0.717, 1.165) is 5.56 Å². The van der Waals surface area contributed by atoms with Crippen molar-refractivity contribution in [1.29, 1.82) is 0 Å². The number of hydrogen-bond donors (Lipinski definition) is 9. The molecule has 0 spiro atoms. The minimum Gasteiger partial charge on any atom is -0.497 e. The molecule has 27 heteroatoms. The molecule has 5 aromatic rings. The molecule has 2 saturated heterocycles. The van der Waals surface area contributed by atoms with Crippen molar-refractivity contribution in [2.24, 2.45) is 11.7 Å². The molecule has 4 aromatic carbocycles. The molecule has 10 rings (SSSR count). The fourth-order valence-electron chi connectivity index (χ4n) is 13.7. The van der Waals surface area contributed by atoms with E-state index in [-0.39, 0.29) is 103 Å². The van der Waals surface area contributed by atoms with Crippen LogP contribution in [0.15, 0.2) is 103 Å². The van der Waals surface area contributed by atoms with Crippen LogP contribution in [0.1, 0.15) is 99.1 Å². The molecule has 9 amide bonds. The molecular formula is C73H88FN11O15. The standard InChI is InChI=1S/C73H88FN11O15/c1-42-66(91)81-57(38-75)67(92)79-55-33-46-9-7-10-47(31-46)39-77-63(90)41-100-60-24-29-84-65(60)69(94)82-64(43(2)86)68(93)80-56(32-44-12-19-53(98-4)20-13-44)71(96)85-28-8-25-73(85,3)72(97)76-26-23-45-11-14-48(15-17-52(87)18-22-62(89)78-42)61(34-45)99-30-6-5-27-83-40-50(35-49(70(84)95)36-59(55)88)54-37-51(74)16-21-58(54)83/h5-7,9-14,16,19-21,31,34,37,40,42-43,49,55-57,60,64-65,86H,8,15,17-18,22-30,32-33,35-36,38-39,41,75H2,1-4H3,(H,76,97)(H,77,90)(H,78,89)(H,79,92)(H,80,93)(H,81,91)(H,82,94)/b6-5+/t42-,43+,49+,55-,56-,57-,60-,64+,65-,73-/m0/s1. The van der Waals surface area contributed by atoms with Gasteiger partial charge < -0.3 is 76.6 Å². The number of aliphatic hydroxyl groups is 1. The zero-order chi connectivity index (χ0) is 71.4. The third-order valence-electron chi connectivity index (χ3n) is 19.4. The van der Waals surface area contributed by atoms with Crippen LogP contribution in [0.3, 0.4) is 0 Å². The average Bonchev–Trinajstić information content (AvgIpc) is 1.60. The van der Waals surface area contributed by atoms with Crippen LogP contribution >= 0.6 is 0 Å². The number of Topliss-reactive ketones (excluding diaryl/α,β-unsaturated/α-hetero) is 2. The van der Waals surface area contributed by atoms with E-state index in [1.54, 1.807) is 73.8 Å². The Kier molecular flexibility index (Phi) is 24.0. The number of halogens is 1. The summed E-state index contributed by atoms with van der Waals surface area (Å²) in [5.74, 6) is -8.91. The number of fused-ring (bicyclic) bond motifs is 10. The highest BCUT2D eigenvalue weighted by Gasteiger charge is 2.50. The Morgan fingerprint density at radius 2 is 1.50 bits per heavy atom. The number of carbonyl (C=O) groups is 11. The molecule has 0 saturated carbocycles. The zero-order valence-corrected chi connectivity index (χ0v) is 56.6. The van der Waals surface area contributed by atoms with Crippen LogP contribution in [-0.4, -0.2) is 185 Å². The van der Waals surface area contributed by atoms with Crippen LogP contribution in [-0.2, 0) is 103 Å². The SMILES string of the molecule is COc1ccc(C[C@@H]2NC(=O)[C@@H]([C@@H](C)O)NC(=O)[C@@H]3[C@@H]4CCN3C(=O)[C@H]3CC(=O)[C@H](Cc5cccc(c5)CNC(=O)CO4)NC(=O)[C@H](CN)NC(=O)[C@H](C)NC(=O)CCC(=O)CCc4ccc(cc4OC/C=C/Cn4cc(c5cc(F)ccc54)C3)CCNC(=O)[C@]3(C)CCCN3C2=O)cc1. The minimum atomic E-state index is -1.83. The maximum absolute atomic E-state index is 16.1. The first-order chi connectivity index (χ1) is 48.0. The Bertz CT molecular complexity index is 3950. The summed E-state index contributed by atoms with van der Waals surface area (Å²) in [6.07, 6.45) is 1.89. The number of aromatic nitrogens is 1. The fourth-order valence-corrected chi connectivity index (χ4v) is 13.7. The van der Waals surface area contributed by atoms with E-state index in [1.165, 1.54) is 42.9 Å². The number of allylic oxidation sites excluding steroid dienone is 1. The Hall–Kier alpha value is -9.86. The van der Waals surface area contributed by atoms with E-state index in [9.17, 15) is 33.9 Å². The summed E-state index contributed by atoms with van der Waals surface area (Å²) < 4.78 is 35.6. The Morgan fingerprint density at radius 3 is 2.27 bits per heavy atom. The van der Waals surface area contributed by atoms with Gasteiger partial charge in [-0.1, -0.05) is 54.6 Å². The van der Waals surface area contributed by atoms with Gasteiger partial charge in [0.25, 0.3) is 0 Å². The zero-order valence-electron chi connectivity index (χ0n) is 56.6. The first kappa shape index (κ1) is 72.9. The number of benzene rings is 4. The monoisotopic (exact) mass is 1380 g/mol. The highest BCUT2D eigenvalue weighted by molar-refractivity contribution is 6.00. The van der Waals surface area contributed by atoms with Crippen molar-refractivity contribution in [3.05, 3.63) is 142 Å². The second kappa shape index (κ2) is 32.9. The van der Waals surface area contributed by atoms with Crippen LogP contribution in [0.5, 0.6) is 11.5 Å². The first-order valence-electron chi connectivity index (χ1n) is 34.1. The molecule has 10 atom stereocenters.